The molecule has 1 aliphatic carbocycles. The highest BCUT2D eigenvalue weighted by Gasteiger charge is 2.39. The third kappa shape index (κ3) is 4.43. The van der Waals surface area contributed by atoms with Gasteiger partial charge in [-0.25, -0.2) is 0 Å². The van der Waals surface area contributed by atoms with Crippen LogP contribution in [0.5, 0.6) is 17.2 Å². The molecule has 1 aliphatic rings. The number of carbonyl (C=O) groups is 1. The van der Waals surface area contributed by atoms with Crippen molar-refractivity contribution in [2.45, 2.75) is 39.5 Å². The molecular formula is C26H30O4. The van der Waals surface area contributed by atoms with E-state index in [4.69, 9.17) is 4.74 Å². The smallest absolute Gasteiger partial charge is 0.174 e. The quantitative estimate of drug-likeness (QED) is 0.455. The van der Waals surface area contributed by atoms with Gasteiger partial charge in [0.05, 0.1) is 7.11 Å². The number of phenolic OH excluding ortho intramolecular Hbond substituents is 2. The molecule has 3 rings (SSSR count). The number of ether oxygens (including phenoxy) is 1. The highest BCUT2D eigenvalue weighted by molar-refractivity contribution is 6.03. The predicted octanol–water partition coefficient (Wildman–Crippen LogP) is 6.01. The van der Waals surface area contributed by atoms with Crippen molar-refractivity contribution < 1.29 is 19.7 Å². The minimum atomic E-state index is -0.378. The fraction of sp³-hybridized carbons (Fsp3) is 0.346. The summed E-state index contributed by atoms with van der Waals surface area (Å²) in [4.78, 5) is 13.6. The van der Waals surface area contributed by atoms with Gasteiger partial charge >= 0.3 is 0 Å². The maximum atomic E-state index is 13.6. The fourth-order valence-electron chi connectivity index (χ4n) is 4.42. The Labute approximate surface area is 178 Å². The van der Waals surface area contributed by atoms with Crippen LogP contribution in [0.25, 0.3) is 0 Å². The first kappa shape index (κ1) is 21.7. The molecule has 0 bridgehead atoms. The second-order valence-corrected chi connectivity index (χ2v) is 8.26. The number of ketones is 1. The van der Waals surface area contributed by atoms with Crippen LogP contribution in [0, 0.1) is 11.8 Å². The third-order valence-electron chi connectivity index (χ3n) is 6.00. The minimum absolute atomic E-state index is 0.0318. The third-order valence-corrected chi connectivity index (χ3v) is 6.00. The Balaban J connectivity index is 2.08. The molecule has 0 saturated heterocycles. The fourth-order valence-corrected chi connectivity index (χ4v) is 4.42. The number of hydrogen-bond donors (Lipinski definition) is 2. The van der Waals surface area contributed by atoms with Gasteiger partial charge in [0.25, 0.3) is 0 Å². The molecule has 0 unspecified atom stereocenters. The molecule has 0 saturated carbocycles. The van der Waals surface area contributed by atoms with Gasteiger partial charge in [-0.2, -0.15) is 0 Å². The van der Waals surface area contributed by atoms with Gasteiger partial charge in [-0.3, -0.25) is 4.79 Å². The Morgan fingerprint density at radius 3 is 2.33 bits per heavy atom. The average Bonchev–Trinajstić information content (AvgIpc) is 2.72. The van der Waals surface area contributed by atoms with Gasteiger partial charge in [0.1, 0.15) is 22.8 Å². The van der Waals surface area contributed by atoms with Crippen molar-refractivity contribution in [3.63, 3.8) is 0 Å². The van der Waals surface area contributed by atoms with E-state index in [0.29, 0.717) is 12.2 Å². The molecule has 2 N–H and O–H groups in total. The lowest BCUT2D eigenvalue weighted by atomic mass is 9.65. The highest BCUT2D eigenvalue weighted by Crippen LogP contribution is 2.47. The van der Waals surface area contributed by atoms with Crippen molar-refractivity contribution in [1.29, 1.82) is 0 Å². The van der Waals surface area contributed by atoms with Crippen molar-refractivity contribution >= 4 is 5.78 Å². The van der Waals surface area contributed by atoms with E-state index in [9.17, 15) is 15.0 Å². The van der Waals surface area contributed by atoms with Crippen LogP contribution in [0.1, 0.15) is 55.5 Å². The van der Waals surface area contributed by atoms with Gasteiger partial charge in [0.15, 0.2) is 5.78 Å². The Kier molecular flexibility index (Phi) is 6.66. The Bertz CT molecular complexity index is 945. The van der Waals surface area contributed by atoms with Crippen molar-refractivity contribution in [2.75, 3.05) is 7.11 Å². The van der Waals surface area contributed by atoms with Crippen LogP contribution in [0.2, 0.25) is 0 Å². The zero-order valence-electron chi connectivity index (χ0n) is 18.1. The number of aromatic hydroxyl groups is 2. The first-order valence-corrected chi connectivity index (χ1v) is 10.3. The van der Waals surface area contributed by atoms with Gasteiger partial charge in [0.2, 0.25) is 0 Å². The maximum Gasteiger partial charge on any atom is 0.174 e. The first-order chi connectivity index (χ1) is 14.3. The van der Waals surface area contributed by atoms with E-state index in [-0.39, 0.29) is 40.6 Å². The molecule has 2 aromatic carbocycles. The van der Waals surface area contributed by atoms with Crippen molar-refractivity contribution in [2.24, 2.45) is 11.8 Å². The second-order valence-electron chi connectivity index (χ2n) is 8.26. The lowest BCUT2D eigenvalue weighted by molar-refractivity contribution is 0.0872. The minimum Gasteiger partial charge on any atom is -0.507 e. The molecule has 2 aromatic rings. The van der Waals surface area contributed by atoms with E-state index in [1.165, 1.54) is 30.4 Å². The molecule has 0 heterocycles. The molecule has 0 spiro atoms. The number of benzene rings is 2. The van der Waals surface area contributed by atoms with E-state index < -0.39 is 0 Å². The molecule has 0 amide bonds. The zero-order chi connectivity index (χ0) is 21.8. The van der Waals surface area contributed by atoms with Crippen molar-refractivity contribution in [3.8, 4) is 17.2 Å². The lowest BCUT2D eigenvalue weighted by Crippen LogP contribution is -2.31. The van der Waals surface area contributed by atoms with Gasteiger partial charge in [-0.1, -0.05) is 53.6 Å². The van der Waals surface area contributed by atoms with Gasteiger partial charge < -0.3 is 14.9 Å². The molecule has 0 fully saturated rings. The molecule has 0 aliphatic heterocycles. The van der Waals surface area contributed by atoms with Crippen molar-refractivity contribution in [3.05, 3.63) is 76.9 Å². The zero-order valence-corrected chi connectivity index (χ0v) is 18.1. The second kappa shape index (κ2) is 9.21. The van der Waals surface area contributed by atoms with Crippen LogP contribution in [-0.2, 0) is 0 Å². The number of Topliss-reactive ketones (excluding diaryl/α,β-unsaturated/α-hetero) is 1. The van der Waals surface area contributed by atoms with Crippen LogP contribution >= 0.6 is 0 Å². The monoisotopic (exact) mass is 406 g/mol. The molecule has 158 valence electrons. The molecule has 4 nitrogen and oxygen atoms in total. The van der Waals surface area contributed by atoms with Gasteiger partial charge in [-0.05, 0) is 45.1 Å². The van der Waals surface area contributed by atoms with E-state index in [1.807, 2.05) is 18.2 Å². The molecule has 0 radical (unpaired) electrons. The summed E-state index contributed by atoms with van der Waals surface area (Å²) in [6.07, 6.45) is 5.76. The van der Waals surface area contributed by atoms with Gasteiger partial charge in [0, 0.05) is 24.0 Å². The summed E-state index contributed by atoms with van der Waals surface area (Å²) >= 11 is 0. The van der Waals surface area contributed by atoms with Crippen molar-refractivity contribution in [1.82, 2.24) is 0 Å². The standard InChI is InChI=1S/C26H30O4/c1-16(2)10-12-20-17(3)11-13-21(24(20)18-8-6-5-7-9-18)26(29)25-22(27)14-19(30-4)15-23(25)28/h5-11,14-15,20-21,24,27-28H,12-13H2,1-4H3/t20-,21-,24-/m1/s1. The summed E-state index contributed by atoms with van der Waals surface area (Å²) < 4.78 is 5.08. The Hall–Kier alpha value is -3.01. The SMILES string of the molecule is COc1cc(O)c(C(=O)[C@@H]2CC=C(C)[C@@H](CC=C(C)C)[C@H]2c2ccccc2)c(O)c1. The largest absolute Gasteiger partial charge is 0.507 e. The number of phenols is 2. The molecule has 30 heavy (non-hydrogen) atoms. The summed E-state index contributed by atoms with van der Waals surface area (Å²) in [5.41, 5.74) is 3.58. The number of hydrogen-bond acceptors (Lipinski definition) is 4. The number of carbonyl (C=O) groups excluding carboxylic acids is 1. The van der Waals surface area contributed by atoms with Crippen LogP contribution in [0.4, 0.5) is 0 Å². The number of methoxy groups -OCH3 is 1. The molecular weight excluding hydrogens is 376 g/mol. The number of rotatable bonds is 6. The molecule has 4 heteroatoms. The molecule has 0 aromatic heterocycles. The average molecular weight is 407 g/mol. The maximum absolute atomic E-state index is 13.6. The summed E-state index contributed by atoms with van der Waals surface area (Å²) in [7, 11) is 1.45. The normalized spacial score (nSPS) is 20.9. The number of allylic oxidation sites excluding steroid dienone is 4. The van der Waals surface area contributed by atoms with Crippen LogP contribution in [0.3, 0.4) is 0 Å². The summed E-state index contributed by atoms with van der Waals surface area (Å²) in [5, 5.41) is 20.9. The summed E-state index contributed by atoms with van der Waals surface area (Å²) in [5.74, 6) is -0.689. The van der Waals surface area contributed by atoms with Gasteiger partial charge in [-0.15, -0.1) is 0 Å². The van der Waals surface area contributed by atoms with E-state index in [0.717, 1.165) is 12.0 Å². The van der Waals surface area contributed by atoms with E-state index in [1.54, 1.807) is 0 Å². The molecule has 3 atom stereocenters. The first-order valence-electron chi connectivity index (χ1n) is 10.3. The Morgan fingerprint density at radius 1 is 1.13 bits per heavy atom. The lowest BCUT2D eigenvalue weighted by Gasteiger charge is -2.37. The Morgan fingerprint density at radius 2 is 1.77 bits per heavy atom. The predicted molar refractivity (Wildman–Crippen MR) is 119 cm³/mol. The van der Waals surface area contributed by atoms with E-state index >= 15 is 0 Å². The summed E-state index contributed by atoms with van der Waals surface area (Å²) in [6, 6.07) is 12.8. The summed E-state index contributed by atoms with van der Waals surface area (Å²) in [6.45, 7) is 6.29. The highest BCUT2D eigenvalue weighted by atomic mass is 16.5. The van der Waals surface area contributed by atoms with Crippen LogP contribution in [-0.4, -0.2) is 23.1 Å². The van der Waals surface area contributed by atoms with E-state index in [2.05, 4.69) is 45.1 Å². The van der Waals surface area contributed by atoms with Crippen LogP contribution in [0.15, 0.2) is 65.8 Å². The van der Waals surface area contributed by atoms with Crippen LogP contribution < -0.4 is 4.74 Å². The topological polar surface area (TPSA) is 66.8 Å².